The molecule has 20 heavy (non-hydrogen) atoms. The third kappa shape index (κ3) is 7.52. The Hall–Kier alpha value is -1.90. The number of hydroxylamine groups is 2. The van der Waals surface area contributed by atoms with Gasteiger partial charge in [-0.2, -0.15) is 0 Å². The second-order valence-electron chi connectivity index (χ2n) is 6.20. The van der Waals surface area contributed by atoms with Crippen LogP contribution in [-0.2, 0) is 14.3 Å². The molecule has 0 aromatic heterocycles. The first kappa shape index (κ1) is 18.1. The van der Waals surface area contributed by atoms with Crippen LogP contribution in [0, 0.1) is 12.3 Å². The Morgan fingerprint density at radius 1 is 1.05 bits per heavy atom. The normalized spacial score (nSPS) is 12.9. The monoisotopic (exact) mass is 285 g/mol. The van der Waals surface area contributed by atoms with Crippen molar-refractivity contribution in [3.8, 4) is 12.3 Å². The number of amides is 1. The minimum absolute atomic E-state index is 0.680. The van der Waals surface area contributed by atoms with E-state index in [1.807, 2.05) is 0 Å². The van der Waals surface area contributed by atoms with Gasteiger partial charge in [-0.3, -0.25) is 4.84 Å². The van der Waals surface area contributed by atoms with E-state index in [0.29, 0.717) is 5.06 Å². The molecular weight excluding hydrogens is 262 g/mol. The average Bonchev–Trinajstić information content (AvgIpc) is 2.19. The van der Waals surface area contributed by atoms with Gasteiger partial charge in [-0.05, 0) is 48.5 Å². The smallest absolute Gasteiger partial charge is 0.442 e. The van der Waals surface area contributed by atoms with Gasteiger partial charge in [-0.25, -0.2) is 9.59 Å². The van der Waals surface area contributed by atoms with Crippen molar-refractivity contribution >= 4 is 12.2 Å². The molecule has 0 N–H and O–H groups in total. The summed E-state index contributed by atoms with van der Waals surface area (Å²) in [5.74, 6) is 2.29. The molecule has 1 amide bonds. The van der Waals surface area contributed by atoms with Crippen molar-refractivity contribution in [2.45, 2.75) is 65.7 Å². The molecule has 0 heterocycles. The van der Waals surface area contributed by atoms with Crippen LogP contribution < -0.4 is 0 Å². The first-order valence-corrected chi connectivity index (χ1v) is 6.25. The van der Waals surface area contributed by atoms with E-state index in [0.717, 1.165) is 0 Å². The fraction of sp³-hybridized carbons (Fsp3) is 0.714. The summed E-state index contributed by atoms with van der Waals surface area (Å²) in [6.45, 7) is 11.6. The summed E-state index contributed by atoms with van der Waals surface area (Å²) >= 11 is 0. The third-order valence-electron chi connectivity index (χ3n) is 1.73. The van der Waals surface area contributed by atoms with Gasteiger partial charge in [0.2, 0.25) is 0 Å². The predicted octanol–water partition coefficient (Wildman–Crippen LogP) is 3.11. The number of terminal acetylenes is 1. The molecule has 114 valence electrons. The Balaban J connectivity index is 4.88. The van der Waals surface area contributed by atoms with E-state index in [2.05, 4.69) is 5.92 Å². The maximum atomic E-state index is 11.9. The maximum absolute atomic E-state index is 11.9. The molecule has 0 fully saturated rings. The first-order chi connectivity index (χ1) is 8.85. The second kappa shape index (κ2) is 6.51. The highest BCUT2D eigenvalue weighted by molar-refractivity contribution is 5.70. The highest BCUT2D eigenvalue weighted by atomic mass is 16.8. The van der Waals surface area contributed by atoms with Crippen LogP contribution in [0.25, 0.3) is 0 Å². The number of hydrogen-bond donors (Lipinski definition) is 0. The molecule has 0 bridgehead atoms. The van der Waals surface area contributed by atoms with E-state index in [1.165, 1.54) is 6.92 Å². The average molecular weight is 285 g/mol. The summed E-state index contributed by atoms with van der Waals surface area (Å²) in [5, 5.41) is 0.680. The van der Waals surface area contributed by atoms with Crippen molar-refractivity contribution < 1.29 is 23.9 Å². The topological polar surface area (TPSA) is 65.1 Å². The zero-order valence-electron chi connectivity index (χ0n) is 13.1. The fourth-order valence-electron chi connectivity index (χ4n) is 0.998. The van der Waals surface area contributed by atoms with Crippen LogP contribution in [0.3, 0.4) is 0 Å². The molecule has 0 aromatic rings. The van der Waals surface area contributed by atoms with Gasteiger partial charge in [-0.1, -0.05) is 5.92 Å². The predicted molar refractivity (Wildman–Crippen MR) is 73.7 cm³/mol. The van der Waals surface area contributed by atoms with Crippen molar-refractivity contribution in [3.63, 3.8) is 0 Å². The molecule has 0 unspecified atom stereocenters. The van der Waals surface area contributed by atoms with Crippen molar-refractivity contribution in [3.05, 3.63) is 0 Å². The SMILES string of the molecule is C#C[C@H](C)N(OC(=O)OC(C)(C)C)C(=O)OC(C)(C)C. The van der Waals surface area contributed by atoms with E-state index < -0.39 is 29.5 Å². The Bertz CT molecular complexity index is 397. The molecule has 0 rings (SSSR count). The number of carbonyl (C=O) groups excluding carboxylic acids is 2. The lowest BCUT2D eigenvalue weighted by Gasteiger charge is -2.28. The standard InChI is InChI=1S/C14H23NO5/c1-9-10(2)15(11(16)18-13(3,4)5)20-12(17)19-14(6,7)8/h1,10H,2-8H3/t10-/m0/s1. The van der Waals surface area contributed by atoms with Gasteiger partial charge in [0.05, 0.1) is 0 Å². The number of ether oxygens (including phenoxy) is 2. The van der Waals surface area contributed by atoms with E-state index in [9.17, 15) is 9.59 Å². The fourth-order valence-corrected chi connectivity index (χ4v) is 0.998. The third-order valence-corrected chi connectivity index (χ3v) is 1.73. The van der Waals surface area contributed by atoms with Crippen LogP contribution in [0.2, 0.25) is 0 Å². The van der Waals surface area contributed by atoms with Crippen molar-refractivity contribution in [1.29, 1.82) is 0 Å². The van der Waals surface area contributed by atoms with Gasteiger partial charge in [0.15, 0.2) is 0 Å². The van der Waals surface area contributed by atoms with Crippen molar-refractivity contribution in [2.75, 3.05) is 0 Å². The summed E-state index contributed by atoms with van der Waals surface area (Å²) in [5.41, 5.74) is -1.48. The van der Waals surface area contributed by atoms with E-state index >= 15 is 0 Å². The zero-order chi connectivity index (χ0) is 16.1. The lowest BCUT2D eigenvalue weighted by Crippen LogP contribution is -2.43. The Morgan fingerprint density at radius 2 is 1.50 bits per heavy atom. The number of carbonyl (C=O) groups is 2. The quantitative estimate of drug-likeness (QED) is 0.421. The van der Waals surface area contributed by atoms with Gasteiger partial charge in [-0.15, -0.1) is 11.5 Å². The number of rotatable bonds is 1. The molecule has 0 saturated heterocycles. The number of hydrogen-bond acceptors (Lipinski definition) is 5. The van der Waals surface area contributed by atoms with E-state index in [4.69, 9.17) is 20.7 Å². The lowest BCUT2D eigenvalue weighted by atomic mass is 10.2. The largest absolute Gasteiger partial charge is 0.534 e. The minimum Gasteiger partial charge on any atom is -0.442 e. The highest BCUT2D eigenvalue weighted by Crippen LogP contribution is 2.14. The molecule has 1 atom stereocenters. The van der Waals surface area contributed by atoms with E-state index in [-0.39, 0.29) is 0 Å². The molecule has 0 aromatic carbocycles. The van der Waals surface area contributed by atoms with Crippen LogP contribution in [0.1, 0.15) is 48.5 Å². The van der Waals surface area contributed by atoms with Crippen LogP contribution in [-0.4, -0.2) is 34.6 Å². The van der Waals surface area contributed by atoms with Crippen LogP contribution in [0.15, 0.2) is 0 Å². The molecule has 0 aliphatic carbocycles. The number of nitrogens with zero attached hydrogens (tertiary/aromatic N) is 1. The Morgan fingerprint density at radius 3 is 1.85 bits per heavy atom. The second-order valence-corrected chi connectivity index (χ2v) is 6.20. The van der Waals surface area contributed by atoms with Gasteiger partial charge in [0.25, 0.3) is 0 Å². The summed E-state index contributed by atoms with van der Waals surface area (Å²) in [4.78, 5) is 28.4. The van der Waals surface area contributed by atoms with Gasteiger partial charge >= 0.3 is 12.2 Å². The minimum atomic E-state index is -1.02. The molecule has 0 saturated carbocycles. The van der Waals surface area contributed by atoms with Crippen molar-refractivity contribution in [2.24, 2.45) is 0 Å². The van der Waals surface area contributed by atoms with Crippen molar-refractivity contribution in [1.82, 2.24) is 5.06 Å². The molecular formula is C14H23NO5. The Labute approximate surface area is 120 Å². The molecule has 0 aliphatic rings. The molecule has 0 aliphatic heterocycles. The summed E-state index contributed by atoms with van der Waals surface area (Å²) in [6.07, 6.45) is 3.37. The van der Waals surface area contributed by atoms with Crippen LogP contribution in [0.4, 0.5) is 9.59 Å². The summed E-state index contributed by atoms with van der Waals surface area (Å²) in [7, 11) is 0. The zero-order valence-corrected chi connectivity index (χ0v) is 13.1. The molecule has 0 spiro atoms. The van der Waals surface area contributed by atoms with Gasteiger partial charge in [0, 0.05) is 0 Å². The summed E-state index contributed by atoms with van der Waals surface area (Å²) < 4.78 is 10.1. The van der Waals surface area contributed by atoms with Crippen LogP contribution >= 0.6 is 0 Å². The van der Waals surface area contributed by atoms with Gasteiger partial charge < -0.3 is 9.47 Å². The van der Waals surface area contributed by atoms with Gasteiger partial charge in [0.1, 0.15) is 17.2 Å². The Kier molecular flexibility index (Phi) is 5.89. The molecule has 6 nitrogen and oxygen atoms in total. The van der Waals surface area contributed by atoms with Crippen LogP contribution in [0.5, 0.6) is 0 Å². The first-order valence-electron chi connectivity index (χ1n) is 6.25. The molecule has 0 radical (unpaired) electrons. The highest BCUT2D eigenvalue weighted by Gasteiger charge is 2.30. The lowest BCUT2D eigenvalue weighted by molar-refractivity contribution is -0.144. The summed E-state index contributed by atoms with van der Waals surface area (Å²) in [6, 6.07) is -0.780. The van der Waals surface area contributed by atoms with E-state index in [1.54, 1.807) is 41.5 Å². The molecule has 6 heteroatoms. The maximum Gasteiger partial charge on any atom is 0.534 e.